The Bertz CT molecular complexity index is 255. The summed E-state index contributed by atoms with van der Waals surface area (Å²) in [7, 11) is 1.33. The highest BCUT2D eigenvalue weighted by Crippen LogP contribution is 2.21. The highest BCUT2D eigenvalue weighted by atomic mass is 16.5. The summed E-state index contributed by atoms with van der Waals surface area (Å²) in [5.74, 6) is -1.29. The van der Waals surface area contributed by atoms with E-state index in [1.54, 1.807) is 0 Å². The number of amides is 1. The van der Waals surface area contributed by atoms with E-state index in [0.717, 1.165) is 0 Å². The fourth-order valence-electron chi connectivity index (χ4n) is 1.93. The van der Waals surface area contributed by atoms with Crippen LogP contribution in [0.15, 0.2) is 0 Å². The molecule has 6 heteroatoms. The molecule has 1 aliphatic rings. The number of likely N-dealkylation sites (tertiary alicyclic amines) is 1. The van der Waals surface area contributed by atoms with Gasteiger partial charge in [0.15, 0.2) is 6.10 Å². The van der Waals surface area contributed by atoms with Crippen molar-refractivity contribution in [2.24, 2.45) is 5.92 Å². The third-order valence-corrected chi connectivity index (χ3v) is 2.65. The van der Waals surface area contributed by atoms with E-state index in [-0.39, 0.29) is 12.5 Å². The van der Waals surface area contributed by atoms with Crippen molar-refractivity contribution in [1.29, 1.82) is 0 Å². The van der Waals surface area contributed by atoms with Crippen LogP contribution in [0.3, 0.4) is 0 Å². The molecule has 1 rings (SSSR count). The van der Waals surface area contributed by atoms with Gasteiger partial charge in [0.25, 0.3) is 0 Å². The Morgan fingerprint density at radius 3 is 2.60 bits per heavy atom. The molecule has 2 N–H and O–H groups in total. The van der Waals surface area contributed by atoms with Gasteiger partial charge in [-0.2, -0.15) is 0 Å². The van der Waals surface area contributed by atoms with Gasteiger partial charge in [-0.25, -0.2) is 9.59 Å². The summed E-state index contributed by atoms with van der Waals surface area (Å²) in [6, 6.07) is 0. The number of ether oxygens (including phenoxy) is 1. The molecule has 86 valence electrons. The first-order valence-corrected chi connectivity index (χ1v) is 4.79. The third-order valence-electron chi connectivity index (χ3n) is 2.65. The number of piperidine rings is 1. The molecule has 2 atom stereocenters. The van der Waals surface area contributed by atoms with Crippen molar-refractivity contribution in [1.82, 2.24) is 4.90 Å². The van der Waals surface area contributed by atoms with E-state index in [4.69, 9.17) is 14.9 Å². The third kappa shape index (κ3) is 2.82. The number of hydrogen-bond donors (Lipinski definition) is 2. The SMILES string of the molecule is COC(C(=O)O)C1CCCN(C(=O)O)C1. The molecule has 15 heavy (non-hydrogen) atoms. The van der Waals surface area contributed by atoms with Crippen molar-refractivity contribution in [3.05, 3.63) is 0 Å². The van der Waals surface area contributed by atoms with Crippen LogP contribution in [-0.4, -0.2) is 53.5 Å². The van der Waals surface area contributed by atoms with Crippen LogP contribution in [0.1, 0.15) is 12.8 Å². The Morgan fingerprint density at radius 2 is 2.13 bits per heavy atom. The number of carbonyl (C=O) groups is 2. The summed E-state index contributed by atoms with van der Waals surface area (Å²) in [6.07, 6.45) is -0.536. The molecular weight excluding hydrogens is 202 g/mol. The van der Waals surface area contributed by atoms with Crippen LogP contribution in [0, 0.1) is 5.92 Å². The second-order valence-corrected chi connectivity index (χ2v) is 3.63. The monoisotopic (exact) mass is 217 g/mol. The number of aliphatic carboxylic acids is 1. The number of carboxylic acids is 1. The van der Waals surface area contributed by atoms with Crippen LogP contribution < -0.4 is 0 Å². The van der Waals surface area contributed by atoms with Gasteiger partial charge < -0.3 is 19.8 Å². The Morgan fingerprint density at radius 1 is 1.47 bits per heavy atom. The molecule has 0 aliphatic carbocycles. The Hall–Kier alpha value is -1.30. The quantitative estimate of drug-likeness (QED) is 0.717. The number of methoxy groups -OCH3 is 1. The second kappa shape index (κ2) is 4.97. The smallest absolute Gasteiger partial charge is 0.407 e. The van der Waals surface area contributed by atoms with Gasteiger partial charge in [-0.15, -0.1) is 0 Å². The van der Waals surface area contributed by atoms with E-state index in [1.807, 2.05) is 0 Å². The van der Waals surface area contributed by atoms with E-state index in [9.17, 15) is 9.59 Å². The maximum Gasteiger partial charge on any atom is 0.407 e. The zero-order chi connectivity index (χ0) is 11.4. The van der Waals surface area contributed by atoms with Gasteiger partial charge in [-0.1, -0.05) is 0 Å². The van der Waals surface area contributed by atoms with Crippen LogP contribution in [0.25, 0.3) is 0 Å². The largest absolute Gasteiger partial charge is 0.479 e. The van der Waals surface area contributed by atoms with Gasteiger partial charge in [-0.05, 0) is 12.8 Å². The minimum Gasteiger partial charge on any atom is -0.479 e. The molecule has 1 amide bonds. The van der Waals surface area contributed by atoms with Gasteiger partial charge in [0.1, 0.15) is 0 Å². The summed E-state index contributed by atoms with van der Waals surface area (Å²) in [5.41, 5.74) is 0. The number of rotatable bonds is 3. The molecule has 6 nitrogen and oxygen atoms in total. The van der Waals surface area contributed by atoms with Crippen LogP contribution in [-0.2, 0) is 9.53 Å². The lowest BCUT2D eigenvalue weighted by atomic mass is 9.92. The molecule has 0 spiro atoms. The first-order chi connectivity index (χ1) is 7.06. The fourth-order valence-corrected chi connectivity index (χ4v) is 1.93. The molecule has 1 fully saturated rings. The maximum absolute atomic E-state index is 10.8. The van der Waals surface area contributed by atoms with E-state index in [1.165, 1.54) is 12.0 Å². The van der Waals surface area contributed by atoms with Crippen LogP contribution in [0.5, 0.6) is 0 Å². The van der Waals surface area contributed by atoms with E-state index in [0.29, 0.717) is 19.4 Å². The van der Waals surface area contributed by atoms with Crippen molar-refractivity contribution >= 4 is 12.1 Å². The first kappa shape index (κ1) is 11.8. The highest BCUT2D eigenvalue weighted by Gasteiger charge is 2.33. The second-order valence-electron chi connectivity index (χ2n) is 3.63. The summed E-state index contributed by atoms with van der Waals surface area (Å²) in [4.78, 5) is 22.8. The zero-order valence-corrected chi connectivity index (χ0v) is 8.55. The predicted molar refractivity (Wildman–Crippen MR) is 50.8 cm³/mol. The van der Waals surface area contributed by atoms with Crippen LogP contribution >= 0.6 is 0 Å². The predicted octanol–water partition coefficient (Wildman–Crippen LogP) is 0.476. The molecule has 1 heterocycles. The Kier molecular flexibility index (Phi) is 3.90. The number of nitrogens with zero attached hydrogens (tertiary/aromatic N) is 1. The lowest BCUT2D eigenvalue weighted by Gasteiger charge is -2.33. The highest BCUT2D eigenvalue weighted by molar-refractivity contribution is 5.73. The standard InChI is InChI=1S/C9H15NO5/c1-15-7(8(11)12)6-3-2-4-10(5-6)9(13)14/h6-7H,2-5H2,1H3,(H,11,12)(H,13,14). The summed E-state index contributed by atoms with van der Waals surface area (Å²) in [6.45, 7) is 0.710. The molecule has 0 saturated carbocycles. The molecular formula is C9H15NO5. The summed E-state index contributed by atoms with van der Waals surface area (Å²) in [5, 5.41) is 17.6. The van der Waals surface area contributed by atoms with E-state index >= 15 is 0 Å². The van der Waals surface area contributed by atoms with Crippen LogP contribution in [0.4, 0.5) is 4.79 Å². The molecule has 0 aromatic rings. The number of hydrogen-bond acceptors (Lipinski definition) is 3. The zero-order valence-electron chi connectivity index (χ0n) is 8.55. The molecule has 1 aliphatic heterocycles. The molecule has 1 saturated heterocycles. The van der Waals surface area contributed by atoms with Crippen LogP contribution in [0.2, 0.25) is 0 Å². The maximum atomic E-state index is 10.8. The van der Waals surface area contributed by atoms with Crippen molar-refractivity contribution in [2.45, 2.75) is 18.9 Å². The molecule has 0 aromatic carbocycles. The van der Waals surface area contributed by atoms with Gasteiger partial charge in [0.2, 0.25) is 0 Å². The van der Waals surface area contributed by atoms with Gasteiger partial charge in [0.05, 0.1) is 0 Å². The minimum atomic E-state index is -1.03. The van der Waals surface area contributed by atoms with E-state index < -0.39 is 18.2 Å². The normalized spacial score (nSPS) is 23.5. The summed E-state index contributed by atoms with van der Waals surface area (Å²) >= 11 is 0. The lowest BCUT2D eigenvalue weighted by molar-refractivity contribution is -0.153. The number of carboxylic acid groups (broad SMARTS) is 2. The fraction of sp³-hybridized carbons (Fsp3) is 0.778. The van der Waals surface area contributed by atoms with Gasteiger partial charge >= 0.3 is 12.1 Å². The molecule has 2 unspecified atom stereocenters. The average Bonchev–Trinajstić information content (AvgIpc) is 2.18. The van der Waals surface area contributed by atoms with Crippen molar-refractivity contribution < 1.29 is 24.5 Å². The van der Waals surface area contributed by atoms with Gasteiger partial charge in [-0.3, -0.25) is 0 Å². The molecule has 0 bridgehead atoms. The molecule has 0 radical (unpaired) electrons. The topological polar surface area (TPSA) is 87.1 Å². The minimum absolute atomic E-state index is 0.236. The van der Waals surface area contributed by atoms with Crippen molar-refractivity contribution in [3.8, 4) is 0 Å². The van der Waals surface area contributed by atoms with E-state index in [2.05, 4.69) is 0 Å². The van der Waals surface area contributed by atoms with Crippen molar-refractivity contribution in [3.63, 3.8) is 0 Å². The van der Waals surface area contributed by atoms with Crippen molar-refractivity contribution in [2.75, 3.05) is 20.2 Å². The lowest BCUT2D eigenvalue weighted by Crippen LogP contribution is -2.45. The average molecular weight is 217 g/mol. The summed E-state index contributed by atoms with van der Waals surface area (Å²) < 4.78 is 4.86. The Balaban J connectivity index is 2.62. The molecule has 0 aromatic heterocycles. The van der Waals surface area contributed by atoms with Gasteiger partial charge in [0, 0.05) is 26.1 Å². The Labute approximate surface area is 87.4 Å². The first-order valence-electron chi connectivity index (χ1n) is 4.79.